The van der Waals surface area contributed by atoms with E-state index in [1.165, 1.54) is 6.92 Å². The minimum absolute atomic E-state index is 0.149. The third kappa shape index (κ3) is 1.30. The number of nitrogens with zero attached hydrogens (tertiary/aromatic N) is 1. The summed E-state index contributed by atoms with van der Waals surface area (Å²) in [6, 6.07) is -0.949. The Hall–Kier alpha value is -1.39. The number of carbonyl (C=O) groups is 3. The van der Waals surface area contributed by atoms with Crippen LogP contribution in [0.25, 0.3) is 0 Å². The maximum absolute atomic E-state index is 11.0. The Morgan fingerprint density at radius 1 is 1.58 bits per heavy atom. The molecule has 66 valence electrons. The van der Waals surface area contributed by atoms with Crippen molar-refractivity contribution in [3.63, 3.8) is 0 Å². The van der Waals surface area contributed by atoms with Crippen molar-refractivity contribution in [2.75, 3.05) is 0 Å². The van der Waals surface area contributed by atoms with E-state index in [9.17, 15) is 14.4 Å². The molecule has 0 aromatic carbocycles. The summed E-state index contributed by atoms with van der Waals surface area (Å²) in [6.45, 7) is 1.19. The van der Waals surface area contributed by atoms with Gasteiger partial charge in [-0.1, -0.05) is 0 Å². The molecule has 0 bridgehead atoms. The first-order valence-corrected chi connectivity index (χ1v) is 3.59. The summed E-state index contributed by atoms with van der Waals surface area (Å²) in [4.78, 5) is 33.1. The van der Waals surface area contributed by atoms with Gasteiger partial charge in [0.1, 0.15) is 6.04 Å². The standard InChI is InChI=1S/C7H9NO4/c1-4(9)8-5(7(11)12)2-3-6(8)10/h5H,2-3H2,1H3,(H,11,12)/t5-/m1/s1. The molecule has 0 aromatic heterocycles. The highest BCUT2D eigenvalue weighted by Gasteiger charge is 2.38. The summed E-state index contributed by atoms with van der Waals surface area (Å²) in [7, 11) is 0. The van der Waals surface area contributed by atoms with Crippen molar-refractivity contribution in [1.82, 2.24) is 4.90 Å². The van der Waals surface area contributed by atoms with Crippen LogP contribution in [0, 0.1) is 0 Å². The molecule has 0 aliphatic carbocycles. The molecule has 1 rings (SSSR count). The van der Waals surface area contributed by atoms with Gasteiger partial charge in [0.25, 0.3) is 0 Å². The van der Waals surface area contributed by atoms with Crippen molar-refractivity contribution in [2.24, 2.45) is 0 Å². The second kappa shape index (κ2) is 2.92. The molecule has 5 nitrogen and oxygen atoms in total. The molecule has 1 N–H and O–H groups in total. The van der Waals surface area contributed by atoms with Crippen LogP contribution in [-0.2, 0) is 14.4 Å². The molecule has 1 fully saturated rings. The molecular formula is C7H9NO4. The third-order valence-corrected chi connectivity index (χ3v) is 1.84. The maximum atomic E-state index is 11.0. The number of imide groups is 1. The molecule has 1 saturated heterocycles. The van der Waals surface area contributed by atoms with Crippen molar-refractivity contribution >= 4 is 17.8 Å². The average Bonchev–Trinajstić information content (AvgIpc) is 2.30. The van der Waals surface area contributed by atoms with E-state index in [-0.39, 0.29) is 12.8 Å². The van der Waals surface area contributed by atoms with Crippen molar-refractivity contribution < 1.29 is 19.5 Å². The number of carbonyl (C=O) groups excluding carboxylic acids is 2. The Morgan fingerprint density at radius 3 is 2.50 bits per heavy atom. The maximum Gasteiger partial charge on any atom is 0.326 e. The number of rotatable bonds is 1. The molecule has 1 aliphatic rings. The number of hydrogen-bond donors (Lipinski definition) is 1. The lowest BCUT2D eigenvalue weighted by Gasteiger charge is -2.16. The fourth-order valence-corrected chi connectivity index (χ4v) is 1.31. The number of aliphatic carboxylic acids is 1. The molecule has 1 atom stereocenters. The molecule has 5 heteroatoms. The molecule has 0 aromatic rings. The van der Waals surface area contributed by atoms with Crippen LogP contribution in [0.1, 0.15) is 19.8 Å². The first-order valence-electron chi connectivity index (χ1n) is 3.59. The van der Waals surface area contributed by atoms with Crippen LogP contribution in [0.2, 0.25) is 0 Å². The number of amides is 2. The van der Waals surface area contributed by atoms with E-state index in [0.717, 1.165) is 4.90 Å². The molecule has 0 spiro atoms. The lowest BCUT2D eigenvalue weighted by Crippen LogP contribution is -2.41. The SMILES string of the molecule is CC(=O)N1C(=O)CC[C@@H]1C(=O)O. The van der Waals surface area contributed by atoms with E-state index in [0.29, 0.717) is 0 Å². The minimum atomic E-state index is -1.11. The van der Waals surface area contributed by atoms with Gasteiger partial charge in [-0.2, -0.15) is 0 Å². The third-order valence-electron chi connectivity index (χ3n) is 1.84. The first-order chi connectivity index (χ1) is 5.54. The zero-order chi connectivity index (χ0) is 9.30. The highest BCUT2D eigenvalue weighted by molar-refractivity contribution is 6.00. The van der Waals surface area contributed by atoms with Gasteiger partial charge in [-0.05, 0) is 6.42 Å². The lowest BCUT2D eigenvalue weighted by atomic mass is 10.2. The number of hydrogen-bond acceptors (Lipinski definition) is 3. The second-order valence-electron chi connectivity index (χ2n) is 2.68. The Labute approximate surface area is 69.0 Å². The van der Waals surface area contributed by atoms with Gasteiger partial charge in [0.05, 0.1) is 0 Å². The van der Waals surface area contributed by atoms with E-state index in [1.807, 2.05) is 0 Å². The van der Waals surface area contributed by atoms with Gasteiger partial charge in [0.15, 0.2) is 0 Å². The summed E-state index contributed by atoms with van der Waals surface area (Å²) < 4.78 is 0. The van der Waals surface area contributed by atoms with E-state index >= 15 is 0 Å². The van der Waals surface area contributed by atoms with E-state index < -0.39 is 23.8 Å². The number of carboxylic acids is 1. The Morgan fingerprint density at radius 2 is 2.17 bits per heavy atom. The molecule has 1 aliphatic heterocycles. The van der Waals surface area contributed by atoms with Crippen molar-refractivity contribution in [3.8, 4) is 0 Å². The summed E-state index contributed by atoms with van der Waals surface area (Å²) in [6.07, 6.45) is 0.379. The van der Waals surface area contributed by atoms with Crippen molar-refractivity contribution in [1.29, 1.82) is 0 Å². The molecule has 2 amide bonds. The number of likely N-dealkylation sites (tertiary alicyclic amines) is 1. The smallest absolute Gasteiger partial charge is 0.326 e. The topological polar surface area (TPSA) is 74.7 Å². The van der Waals surface area contributed by atoms with Crippen LogP contribution in [-0.4, -0.2) is 33.8 Å². The van der Waals surface area contributed by atoms with Crippen LogP contribution >= 0.6 is 0 Å². The van der Waals surface area contributed by atoms with E-state index in [4.69, 9.17) is 5.11 Å². The van der Waals surface area contributed by atoms with E-state index in [1.54, 1.807) is 0 Å². The predicted molar refractivity (Wildman–Crippen MR) is 38.2 cm³/mol. The average molecular weight is 171 g/mol. The molecular weight excluding hydrogens is 162 g/mol. The Kier molecular flexibility index (Phi) is 2.12. The summed E-state index contributed by atoms with van der Waals surface area (Å²) in [5.41, 5.74) is 0. The molecule has 0 radical (unpaired) electrons. The Bertz CT molecular complexity index is 248. The fraction of sp³-hybridized carbons (Fsp3) is 0.571. The van der Waals surface area contributed by atoms with Crippen molar-refractivity contribution in [3.05, 3.63) is 0 Å². The number of carboxylic acid groups (broad SMARTS) is 1. The van der Waals surface area contributed by atoms with Gasteiger partial charge in [-0.25, -0.2) is 4.79 Å². The van der Waals surface area contributed by atoms with Crippen LogP contribution in [0.4, 0.5) is 0 Å². The van der Waals surface area contributed by atoms with Crippen molar-refractivity contribution in [2.45, 2.75) is 25.8 Å². The van der Waals surface area contributed by atoms with Crippen LogP contribution < -0.4 is 0 Å². The van der Waals surface area contributed by atoms with Gasteiger partial charge in [-0.3, -0.25) is 14.5 Å². The van der Waals surface area contributed by atoms with E-state index in [2.05, 4.69) is 0 Å². The molecule has 0 saturated carbocycles. The minimum Gasteiger partial charge on any atom is -0.480 e. The van der Waals surface area contributed by atoms with Gasteiger partial charge >= 0.3 is 5.97 Å². The summed E-state index contributed by atoms with van der Waals surface area (Å²) in [5.74, 6) is -2.00. The van der Waals surface area contributed by atoms with Crippen LogP contribution in [0.3, 0.4) is 0 Å². The highest BCUT2D eigenvalue weighted by Crippen LogP contribution is 2.18. The van der Waals surface area contributed by atoms with Crippen LogP contribution in [0.15, 0.2) is 0 Å². The predicted octanol–water partition coefficient (Wildman–Crippen LogP) is -0.392. The fourth-order valence-electron chi connectivity index (χ4n) is 1.31. The first kappa shape index (κ1) is 8.70. The summed E-state index contributed by atoms with van der Waals surface area (Å²) >= 11 is 0. The molecule has 12 heavy (non-hydrogen) atoms. The largest absolute Gasteiger partial charge is 0.480 e. The lowest BCUT2D eigenvalue weighted by molar-refractivity contribution is -0.153. The summed E-state index contributed by atoms with van der Waals surface area (Å²) in [5, 5.41) is 8.60. The normalized spacial score (nSPS) is 22.9. The Balaban J connectivity index is 2.84. The zero-order valence-electron chi connectivity index (χ0n) is 6.61. The highest BCUT2D eigenvalue weighted by atomic mass is 16.4. The molecule has 1 heterocycles. The zero-order valence-corrected chi connectivity index (χ0v) is 6.61. The van der Waals surface area contributed by atoms with Crippen LogP contribution in [0.5, 0.6) is 0 Å². The van der Waals surface area contributed by atoms with Gasteiger partial charge in [-0.15, -0.1) is 0 Å². The molecule has 0 unspecified atom stereocenters. The van der Waals surface area contributed by atoms with Gasteiger partial charge in [0, 0.05) is 13.3 Å². The monoisotopic (exact) mass is 171 g/mol. The quantitative estimate of drug-likeness (QED) is 0.583. The van der Waals surface area contributed by atoms with Gasteiger partial charge < -0.3 is 5.11 Å². The van der Waals surface area contributed by atoms with Gasteiger partial charge in [0.2, 0.25) is 11.8 Å². The second-order valence-corrected chi connectivity index (χ2v) is 2.68.